The summed E-state index contributed by atoms with van der Waals surface area (Å²) in [7, 11) is 2.24. The first-order chi connectivity index (χ1) is 15.1. The minimum atomic E-state index is -0.226. The van der Waals surface area contributed by atoms with Crippen LogP contribution in [-0.2, 0) is 6.54 Å². The second-order valence-electron chi connectivity index (χ2n) is 8.41. The lowest BCUT2D eigenvalue weighted by atomic mass is 10.1. The van der Waals surface area contributed by atoms with E-state index in [1.165, 1.54) is 30.9 Å². The molecule has 0 spiro atoms. The molecular weight excluding hydrogens is 390 g/mol. The number of fused-ring (bicyclic) bond motifs is 1. The molecule has 0 unspecified atom stereocenters. The predicted octanol–water partition coefficient (Wildman–Crippen LogP) is -1.02. The Bertz CT molecular complexity index is 1090. The van der Waals surface area contributed by atoms with Gasteiger partial charge in [-0.2, -0.15) is 5.10 Å². The van der Waals surface area contributed by atoms with Crippen molar-refractivity contribution in [2.45, 2.75) is 13.0 Å². The summed E-state index contributed by atoms with van der Waals surface area (Å²) in [6, 6.07) is 16.9. The molecule has 4 rings (SSSR count). The van der Waals surface area contributed by atoms with Crippen LogP contribution >= 0.6 is 0 Å². The van der Waals surface area contributed by atoms with Gasteiger partial charge in [0.1, 0.15) is 26.2 Å². The van der Waals surface area contributed by atoms with Gasteiger partial charge in [-0.3, -0.25) is 9.59 Å². The molecule has 0 atom stereocenters. The molecule has 2 aromatic carbocycles. The van der Waals surface area contributed by atoms with Crippen molar-refractivity contribution >= 4 is 16.7 Å². The van der Waals surface area contributed by atoms with Crippen molar-refractivity contribution in [1.29, 1.82) is 0 Å². The van der Waals surface area contributed by atoms with Gasteiger partial charge in [-0.1, -0.05) is 48.5 Å². The van der Waals surface area contributed by atoms with Crippen molar-refractivity contribution < 1.29 is 14.6 Å². The Morgan fingerprint density at radius 1 is 1.00 bits per heavy atom. The molecule has 1 aliphatic rings. The topological polar surface area (TPSA) is 72.9 Å². The summed E-state index contributed by atoms with van der Waals surface area (Å²) in [5.74, 6) is -0.226. The molecule has 1 amide bonds. The maximum atomic E-state index is 13.0. The SMILES string of the molecule is C[NH+]1CC[NH+](CCCNC(=O)c2nn(Cc3ccccc3)c(=O)c3ccccc23)CC1. The van der Waals surface area contributed by atoms with Gasteiger partial charge in [-0.25, -0.2) is 4.68 Å². The predicted molar refractivity (Wildman–Crippen MR) is 121 cm³/mol. The summed E-state index contributed by atoms with van der Waals surface area (Å²) >= 11 is 0. The van der Waals surface area contributed by atoms with Gasteiger partial charge >= 0.3 is 0 Å². The normalized spacial score (nSPS) is 18.7. The van der Waals surface area contributed by atoms with Crippen molar-refractivity contribution in [2.75, 3.05) is 46.3 Å². The van der Waals surface area contributed by atoms with Crippen LogP contribution in [0.25, 0.3) is 10.8 Å². The van der Waals surface area contributed by atoms with Crippen LogP contribution in [-0.4, -0.2) is 62.0 Å². The Morgan fingerprint density at radius 3 is 2.42 bits per heavy atom. The first-order valence-electron chi connectivity index (χ1n) is 11.1. The number of carbonyl (C=O) groups is 1. The van der Waals surface area contributed by atoms with Crippen LogP contribution in [0.5, 0.6) is 0 Å². The number of rotatable bonds is 7. The summed E-state index contributed by atoms with van der Waals surface area (Å²) in [5, 5.41) is 8.59. The van der Waals surface area contributed by atoms with Crippen LogP contribution in [0.3, 0.4) is 0 Å². The van der Waals surface area contributed by atoms with E-state index >= 15 is 0 Å². The van der Waals surface area contributed by atoms with Crippen molar-refractivity contribution in [3.05, 3.63) is 76.2 Å². The van der Waals surface area contributed by atoms with E-state index in [1.807, 2.05) is 42.5 Å². The van der Waals surface area contributed by atoms with E-state index in [0.717, 1.165) is 18.5 Å². The molecule has 31 heavy (non-hydrogen) atoms. The molecule has 162 valence electrons. The highest BCUT2D eigenvalue weighted by atomic mass is 16.2. The Labute approximate surface area is 182 Å². The molecule has 0 saturated carbocycles. The van der Waals surface area contributed by atoms with E-state index < -0.39 is 0 Å². The summed E-state index contributed by atoms with van der Waals surface area (Å²) in [5.41, 5.74) is 1.09. The van der Waals surface area contributed by atoms with Gasteiger partial charge in [0.15, 0.2) is 5.69 Å². The van der Waals surface area contributed by atoms with Crippen molar-refractivity contribution in [1.82, 2.24) is 15.1 Å². The molecule has 0 bridgehead atoms. The number of amides is 1. The Morgan fingerprint density at radius 2 is 1.68 bits per heavy atom. The fourth-order valence-electron chi connectivity index (χ4n) is 4.17. The molecule has 0 aliphatic carbocycles. The Hall–Kier alpha value is -3.03. The van der Waals surface area contributed by atoms with Crippen molar-refractivity contribution in [3.63, 3.8) is 0 Å². The third kappa shape index (κ3) is 5.18. The number of hydrogen-bond acceptors (Lipinski definition) is 3. The van der Waals surface area contributed by atoms with Gasteiger partial charge in [0, 0.05) is 18.4 Å². The van der Waals surface area contributed by atoms with Gasteiger partial charge in [-0.15, -0.1) is 0 Å². The van der Waals surface area contributed by atoms with E-state index in [-0.39, 0.29) is 11.5 Å². The van der Waals surface area contributed by atoms with Crippen LogP contribution in [0, 0.1) is 0 Å². The number of likely N-dealkylation sites (N-methyl/N-ethyl adjacent to an activating group) is 1. The molecule has 1 aromatic heterocycles. The highest BCUT2D eigenvalue weighted by Crippen LogP contribution is 2.14. The molecule has 1 fully saturated rings. The second-order valence-corrected chi connectivity index (χ2v) is 8.41. The highest BCUT2D eigenvalue weighted by Gasteiger charge is 2.20. The molecule has 3 N–H and O–H groups in total. The summed E-state index contributed by atoms with van der Waals surface area (Å²) in [4.78, 5) is 29.1. The smallest absolute Gasteiger partial charge is 0.274 e. The summed E-state index contributed by atoms with van der Waals surface area (Å²) in [6.45, 7) is 6.81. The zero-order valence-electron chi connectivity index (χ0n) is 18.1. The number of piperazine rings is 1. The number of benzene rings is 2. The van der Waals surface area contributed by atoms with Crippen LogP contribution in [0.15, 0.2) is 59.4 Å². The standard InChI is InChI=1S/C24H29N5O2/c1-27-14-16-28(17-15-27)13-7-12-25-23(30)22-20-10-5-6-11-21(20)24(31)29(26-22)18-19-8-3-2-4-9-19/h2-6,8-11H,7,12-18H2,1H3,(H,25,30)/p+2. The Kier molecular flexibility index (Phi) is 6.74. The van der Waals surface area contributed by atoms with Gasteiger partial charge in [0.2, 0.25) is 0 Å². The molecule has 1 saturated heterocycles. The summed E-state index contributed by atoms with van der Waals surface area (Å²) in [6.07, 6.45) is 0.932. The monoisotopic (exact) mass is 421 g/mol. The first kappa shape index (κ1) is 21.2. The molecule has 2 heterocycles. The maximum absolute atomic E-state index is 13.0. The number of hydrogen-bond donors (Lipinski definition) is 3. The number of nitrogens with one attached hydrogen (secondary N) is 3. The fourth-order valence-corrected chi connectivity index (χ4v) is 4.17. The lowest BCUT2D eigenvalue weighted by molar-refractivity contribution is -1.00. The number of nitrogens with zero attached hydrogens (tertiary/aromatic N) is 2. The Balaban J connectivity index is 1.47. The van der Waals surface area contributed by atoms with E-state index in [0.29, 0.717) is 29.6 Å². The van der Waals surface area contributed by atoms with Gasteiger partial charge < -0.3 is 15.1 Å². The largest absolute Gasteiger partial charge is 0.350 e. The lowest BCUT2D eigenvalue weighted by Crippen LogP contribution is -3.27. The van der Waals surface area contributed by atoms with Gasteiger partial charge in [-0.05, 0) is 11.6 Å². The van der Waals surface area contributed by atoms with E-state index in [2.05, 4.69) is 17.5 Å². The van der Waals surface area contributed by atoms with Crippen molar-refractivity contribution in [2.24, 2.45) is 0 Å². The molecule has 0 radical (unpaired) electrons. The zero-order valence-corrected chi connectivity index (χ0v) is 18.1. The highest BCUT2D eigenvalue weighted by molar-refractivity contribution is 6.04. The molecule has 7 nitrogen and oxygen atoms in total. The third-order valence-electron chi connectivity index (χ3n) is 6.06. The average molecular weight is 422 g/mol. The zero-order chi connectivity index (χ0) is 21.6. The molecular formula is C24H31N5O2+2. The average Bonchev–Trinajstić information content (AvgIpc) is 2.80. The van der Waals surface area contributed by atoms with Gasteiger partial charge in [0.25, 0.3) is 11.5 Å². The minimum Gasteiger partial charge on any atom is -0.350 e. The van der Waals surface area contributed by atoms with Crippen LogP contribution in [0.4, 0.5) is 0 Å². The van der Waals surface area contributed by atoms with E-state index in [4.69, 9.17) is 0 Å². The molecule has 3 aromatic rings. The van der Waals surface area contributed by atoms with Crippen LogP contribution in [0.2, 0.25) is 0 Å². The molecule has 1 aliphatic heterocycles. The van der Waals surface area contributed by atoms with Crippen LogP contribution in [0.1, 0.15) is 22.5 Å². The first-order valence-corrected chi connectivity index (χ1v) is 11.1. The second kappa shape index (κ2) is 9.85. The fraction of sp³-hybridized carbons (Fsp3) is 0.375. The third-order valence-corrected chi connectivity index (χ3v) is 6.06. The summed E-state index contributed by atoms with van der Waals surface area (Å²) < 4.78 is 1.39. The van der Waals surface area contributed by atoms with Crippen LogP contribution < -0.4 is 20.7 Å². The van der Waals surface area contributed by atoms with E-state index in [9.17, 15) is 9.59 Å². The quantitative estimate of drug-likeness (QED) is 0.428. The lowest BCUT2D eigenvalue weighted by Gasteiger charge is -2.27. The molecule has 7 heteroatoms. The van der Waals surface area contributed by atoms with Gasteiger partial charge in [0.05, 0.1) is 25.5 Å². The number of quaternary nitrogens is 2. The maximum Gasteiger partial charge on any atom is 0.274 e. The number of carbonyl (C=O) groups excluding carboxylic acids is 1. The van der Waals surface area contributed by atoms with E-state index in [1.54, 1.807) is 21.9 Å². The minimum absolute atomic E-state index is 0.184. The van der Waals surface area contributed by atoms with Crippen molar-refractivity contribution in [3.8, 4) is 0 Å². The number of aromatic nitrogens is 2.